The SMILES string of the molecule is CC1=NC2=C(C(=O)C[C@@H](c3ccccc3)C2)[C@H](c2ccc3c(c2)OCO3)C1C(=O)OCC(C)C. The first-order valence-corrected chi connectivity index (χ1v) is 11.8. The van der Waals surface area contributed by atoms with Gasteiger partial charge in [0.05, 0.1) is 6.61 Å². The van der Waals surface area contributed by atoms with Crippen LogP contribution in [0.15, 0.2) is 64.8 Å². The predicted molar refractivity (Wildman–Crippen MR) is 128 cm³/mol. The molecule has 0 radical (unpaired) electrons. The lowest BCUT2D eigenvalue weighted by Crippen LogP contribution is -2.38. The summed E-state index contributed by atoms with van der Waals surface area (Å²) in [6, 6.07) is 15.7. The molecule has 2 aromatic rings. The summed E-state index contributed by atoms with van der Waals surface area (Å²) in [7, 11) is 0. The number of carbonyl (C=O) groups is 2. The van der Waals surface area contributed by atoms with Crippen molar-refractivity contribution in [2.24, 2.45) is 16.8 Å². The third kappa shape index (κ3) is 4.13. The number of rotatable bonds is 5. The van der Waals surface area contributed by atoms with Crippen LogP contribution in [0.2, 0.25) is 0 Å². The van der Waals surface area contributed by atoms with Crippen molar-refractivity contribution in [2.45, 2.75) is 45.4 Å². The van der Waals surface area contributed by atoms with E-state index in [1.165, 1.54) is 0 Å². The summed E-state index contributed by atoms with van der Waals surface area (Å²) in [4.78, 5) is 31.8. The van der Waals surface area contributed by atoms with E-state index < -0.39 is 11.8 Å². The molecule has 3 atom stereocenters. The summed E-state index contributed by atoms with van der Waals surface area (Å²) in [6.45, 7) is 6.35. The van der Waals surface area contributed by atoms with Crippen LogP contribution < -0.4 is 9.47 Å². The molecule has 34 heavy (non-hydrogen) atoms. The average Bonchev–Trinajstić information content (AvgIpc) is 3.30. The topological polar surface area (TPSA) is 74.2 Å². The summed E-state index contributed by atoms with van der Waals surface area (Å²) < 4.78 is 16.7. The highest BCUT2D eigenvalue weighted by molar-refractivity contribution is 6.09. The number of allylic oxidation sites excluding steroid dienone is 2. The van der Waals surface area contributed by atoms with E-state index in [1.807, 2.05) is 57.2 Å². The Morgan fingerprint density at radius 1 is 1.06 bits per heavy atom. The third-order valence-corrected chi connectivity index (χ3v) is 6.73. The molecule has 2 heterocycles. The molecule has 0 fully saturated rings. The van der Waals surface area contributed by atoms with Gasteiger partial charge in [-0.25, -0.2) is 0 Å². The van der Waals surface area contributed by atoms with E-state index in [0.717, 1.165) is 16.8 Å². The van der Waals surface area contributed by atoms with Crippen molar-refractivity contribution in [2.75, 3.05) is 13.4 Å². The number of ether oxygens (including phenoxy) is 3. The monoisotopic (exact) mass is 459 g/mol. The number of hydrogen-bond acceptors (Lipinski definition) is 6. The van der Waals surface area contributed by atoms with Gasteiger partial charge in [0.15, 0.2) is 17.3 Å². The summed E-state index contributed by atoms with van der Waals surface area (Å²) in [5.74, 6) is 0.146. The van der Waals surface area contributed by atoms with Gasteiger partial charge in [-0.15, -0.1) is 0 Å². The summed E-state index contributed by atoms with van der Waals surface area (Å²) in [5.41, 5.74) is 4.05. The molecule has 5 rings (SSSR count). The van der Waals surface area contributed by atoms with Gasteiger partial charge in [-0.3, -0.25) is 14.6 Å². The second-order valence-electron chi connectivity index (χ2n) is 9.64. The minimum Gasteiger partial charge on any atom is -0.465 e. The Kier molecular flexibility index (Phi) is 5.98. The first-order chi connectivity index (χ1) is 16.4. The van der Waals surface area contributed by atoms with E-state index in [4.69, 9.17) is 19.2 Å². The zero-order valence-electron chi connectivity index (χ0n) is 19.7. The molecule has 0 amide bonds. The van der Waals surface area contributed by atoms with Crippen LogP contribution >= 0.6 is 0 Å². The van der Waals surface area contributed by atoms with E-state index >= 15 is 0 Å². The van der Waals surface area contributed by atoms with E-state index in [9.17, 15) is 9.59 Å². The third-order valence-electron chi connectivity index (χ3n) is 6.73. The Hall–Kier alpha value is -3.41. The quantitative estimate of drug-likeness (QED) is 0.576. The van der Waals surface area contributed by atoms with Crippen molar-refractivity contribution in [3.63, 3.8) is 0 Å². The molecule has 176 valence electrons. The standard InChI is InChI=1S/C28H29NO5/c1-16(2)14-32-28(31)25-17(3)29-21-11-20(18-7-5-4-6-8-18)12-22(30)27(21)26(25)19-9-10-23-24(13-19)34-15-33-23/h4-10,13,16,20,25-26H,11-12,14-15H2,1-3H3/t20-,25?,26+/m0/s1. The van der Waals surface area contributed by atoms with Crippen molar-refractivity contribution < 1.29 is 23.8 Å². The zero-order valence-corrected chi connectivity index (χ0v) is 19.7. The highest BCUT2D eigenvalue weighted by Crippen LogP contribution is 2.48. The largest absolute Gasteiger partial charge is 0.465 e. The lowest BCUT2D eigenvalue weighted by Gasteiger charge is -2.36. The van der Waals surface area contributed by atoms with E-state index in [0.29, 0.717) is 42.2 Å². The number of aliphatic imine (C=N–C) groups is 1. The van der Waals surface area contributed by atoms with E-state index in [1.54, 1.807) is 0 Å². The molecular formula is C28H29NO5. The summed E-state index contributed by atoms with van der Waals surface area (Å²) in [5, 5.41) is 0. The number of nitrogens with zero attached hydrogens (tertiary/aromatic N) is 1. The second-order valence-corrected chi connectivity index (χ2v) is 9.64. The Balaban J connectivity index is 1.57. The fourth-order valence-corrected chi connectivity index (χ4v) is 5.13. The Bertz CT molecular complexity index is 1180. The predicted octanol–water partition coefficient (Wildman–Crippen LogP) is 5.19. The lowest BCUT2D eigenvalue weighted by molar-refractivity contribution is -0.147. The van der Waals surface area contributed by atoms with Gasteiger partial charge in [0.2, 0.25) is 6.79 Å². The van der Waals surface area contributed by atoms with Crippen molar-refractivity contribution >= 4 is 17.5 Å². The van der Waals surface area contributed by atoms with Gasteiger partial charge in [0.1, 0.15) is 5.92 Å². The summed E-state index contributed by atoms with van der Waals surface area (Å²) in [6.07, 6.45) is 1.06. The second kappa shape index (κ2) is 9.09. The smallest absolute Gasteiger partial charge is 0.315 e. The molecule has 0 saturated carbocycles. The molecule has 0 saturated heterocycles. The minimum atomic E-state index is -0.657. The zero-order chi connectivity index (χ0) is 23.8. The molecule has 1 aliphatic carbocycles. The number of fused-ring (bicyclic) bond motifs is 1. The van der Waals surface area contributed by atoms with Crippen LogP contribution in [0, 0.1) is 11.8 Å². The molecule has 2 aromatic carbocycles. The van der Waals surface area contributed by atoms with E-state index in [2.05, 4.69) is 12.1 Å². The van der Waals surface area contributed by atoms with Gasteiger partial charge in [-0.05, 0) is 48.4 Å². The molecule has 6 heteroatoms. The van der Waals surface area contributed by atoms with Crippen molar-refractivity contribution in [1.82, 2.24) is 0 Å². The normalized spacial score (nSPS) is 23.6. The number of Topliss-reactive ketones (excluding diaryl/α,β-unsaturated/α-hetero) is 1. The Labute approximate surface area is 199 Å². The van der Waals surface area contributed by atoms with Gasteiger partial charge in [-0.2, -0.15) is 0 Å². The lowest BCUT2D eigenvalue weighted by atomic mass is 9.69. The van der Waals surface area contributed by atoms with Crippen molar-refractivity contribution in [3.8, 4) is 11.5 Å². The van der Waals surface area contributed by atoms with Crippen LogP contribution in [0.25, 0.3) is 0 Å². The molecule has 1 unspecified atom stereocenters. The maximum Gasteiger partial charge on any atom is 0.315 e. The van der Waals surface area contributed by atoms with Crippen LogP contribution in [0.1, 0.15) is 56.6 Å². The van der Waals surface area contributed by atoms with Crippen LogP contribution in [-0.4, -0.2) is 30.9 Å². The molecule has 3 aliphatic rings. The number of carbonyl (C=O) groups excluding carboxylic acids is 2. The highest BCUT2D eigenvalue weighted by atomic mass is 16.7. The number of ketones is 1. The molecule has 0 aromatic heterocycles. The fourth-order valence-electron chi connectivity index (χ4n) is 5.13. The molecule has 0 bridgehead atoms. The fraction of sp³-hybridized carbons (Fsp3) is 0.393. The van der Waals surface area contributed by atoms with Gasteiger partial charge in [0, 0.05) is 29.3 Å². The van der Waals surface area contributed by atoms with Crippen LogP contribution in [0.5, 0.6) is 11.5 Å². The molecule has 0 spiro atoms. The highest BCUT2D eigenvalue weighted by Gasteiger charge is 2.45. The van der Waals surface area contributed by atoms with Crippen LogP contribution in [-0.2, 0) is 14.3 Å². The average molecular weight is 460 g/mol. The minimum absolute atomic E-state index is 0.0377. The van der Waals surface area contributed by atoms with Gasteiger partial charge in [-0.1, -0.05) is 50.2 Å². The van der Waals surface area contributed by atoms with Gasteiger partial charge >= 0.3 is 5.97 Å². The maximum atomic E-state index is 13.6. The molecular weight excluding hydrogens is 430 g/mol. The van der Waals surface area contributed by atoms with Crippen LogP contribution in [0.3, 0.4) is 0 Å². The summed E-state index contributed by atoms with van der Waals surface area (Å²) >= 11 is 0. The Morgan fingerprint density at radius 3 is 2.59 bits per heavy atom. The van der Waals surface area contributed by atoms with Gasteiger partial charge < -0.3 is 14.2 Å². The molecule has 0 N–H and O–H groups in total. The first kappa shape index (κ1) is 22.4. The molecule has 6 nitrogen and oxygen atoms in total. The maximum absolute atomic E-state index is 13.6. The van der Waals surface area contributed by atoms with Crippen molar-refractivity contribution in [3.05, 3.63) is 70.9 Å². The number of hydrogen-bond donors (Lipinski definition) is 0. The van der Waals surface area contributed by atoms with E-state index in [-0.39, 0.29) is 30.4 Å². The van der Waals surface area contributed by atoms with Crippen molar-refractivity contribution in [1.29, 1.82) is 0 Å². The first-order valence-electron chi connectivity index (χ1n) is 11.8. The Morgan fingerprint density at radius 2 is 1.82 bits per heavy atom. The number of benzene rings is 2. The van der Waals surface area contributed by atoms with Gasteiger partial charge in [0.25, 0.3) is 0 Å². The molecule has 2 aliphatic heterocycles. The number of esters is 1. The van der Waals surface area contributed by atoms with Crippen LogP contribution in [0.4, 0.5) is 0 Å².